The maximum atomic E-state index is 11.0. The van der Waals surface area contributed by atoms with E-state index in [-0.39, 0.29) is 0 Å². The summed E-state index contributed by atoms with van der Waals surface area (Å²) >= 11 is 3.32. The topological polar surface area (TPSA) is 49.3 Å². The standard InChI is InChI=1S/C10H10BrNO2/c11-7-3-6-5-12-2-1-8(6)9(4-7)10(13)14/h3-4,12H,1-2,5H2,(H,13,14). The first-order valence-electron chi connectivity index (χ1n) is 4.44. The molecule has 0 aromatic heterocycles. The van der Waals surface area contributed by atoms with E-state index in [0.717, 1.165) is 35.1 Å². The van der Waals surface area contributed by atoms with Gasteiger partial charge in [-0.15, -0.1) is 0 Å². The van der Waals surface area contributed by atoms with Crippen molar-refractivity contribution in [3.8, 4) is 0 Å². The summed E-state index contributed by atoms with van der Waals surface area (Å²) < 4.78 is 0.831. The van der Waals surface area contributed by atoms with Gasteiger partial charge in [0.25, 0.3) is 0 Å². The second kappa shape index (κ2) is 3.71. The molecule has 1 aliphatic heterocycles. The largest absolute Gasteiger partial charge is 0.478 e. The van der Waals surface area contributed by atoms with E-state index in [1.807, 2.05) is 6.07 Å². The molecule has 2 rings (SSSR count). The molecule has 1 aromatic carbocycles. The number of aromatic carboxylic acids is 1. The summed E-state index contributed by atoms with van der Waals surface area (Å²) in [5.74, 6) is -0.843. The first kappa shape index (κ1) is 9.68. The molecule has 3 nitrogen and oxygen atoms in total. The van der Waals surface area contributed by atoms with Crippen LogP contribution >= 0.6 is 15.9 Å². The molecule has 0 unspecified atom stereocenters. The molecule has 0 aliphatic carbocycles. The number of carbonyl (C=O) groups is 1. The van der Waals surface area contributed by atoms with Gasteiger partial charge in [0.2, 0.25) is 0 Å². The molecule has 0 radical (unpaired) electrons. The van der Waals surface area contributed by atoms with Crippen molar-refractivity contribution in [3.05, 3.63) is 33.3 Å². The zero-order valence-corrected chi connectivity index (χ0v) is 9.10. The lowest BCUT2D eigenvalue weighted by atomic mass is 9.96. The van der Waals surface area contributed by atoms with Gasteiger partial charge in [0.1, 0.15) is 0 Å². The van der Waals surface area contributed by atoms with Gasteiger partial charge in [-0.2, -0.15) is 0 Å². The highest BCUT2D eigenvalue weighted by molar-refractivity contribution is 9.10. The van der Waals surface area contributed by atoms with Gasteiger partial charge >= 0.3 is 5.97 Å². The monoisotopic (exact) mass is 255 g/mol. The number of benzene rings is 1. The SMILES string of the molecule is O=C(O)c1cc(Br)cc2c1CCNC2. The lowest BCUT2D eigenvalue weighted by Crippen LogP contribution is -2.25. The first-order valence-corrected chi connectivity index (χ1v) is 5.23. The maximum Gasteiger partial charge on any atom is 0.336 e. The van der Waals surface area contributed by atoms with Crippen LogP contribution in [0.25, 0.3) is 0 Å². The smallest absolute Gasteiger partial charge is 0.336 e. The third-order valence-electron chi connectivity index (χ3n) is 2.40. The lowest BCUT2D eigenvalue weighted by molar-refractivity contribution is 0.0695. The quantitative estimate of drug-likeness (QED) is 0.805. The number of halogens is 1. The summed E-state index contributed by atoms with van der Waals surface area (Å²) in [6.45, 7) is 1.62. The second-order valence-electron chi connectivity index (χ2n) is 3.32. The Morgan fingerprint density at radius 2 is 2.29 bits per heavy atom. The molecule has 2 N–H and O–H groups in total. The summed E-state index contributed by atoms with van der Waals surface area (Å²) in [4.78, 5) is 11.0. The van der Waals surface area contributed by atoms with E-state index < -0.39 is 5.97 Å². The van der Waals surface area contributed by atoms with Gasteiger partial charge in [0.15, 0.2) is 0 Å². The highest BCUT2D eigenvalue weighted by atomic mass is 79.9. The Hall–Kier alpha value is -0.870. The summed E-state index contributed by atoms with van der Waals surface area (Å²) in [6.07, 6.45) is 0.796. The van der Waals surface area contributed by atoms with Crippen LogP contribution in [0.1, 0.15) is 21.5 Å². The number of hydrogen-bond acceptors (Lipinski definition) is 2. The molecule has 0 fully saturated rings. The molecular formula is C10H10BrNO2. The van der Waals surface area contributed by atoms with Gasteiger partial charge in [0.05, 0.1) is 5.56 Å². The Morgan fingerprint density at radius 1 is 1.50 bits per heavy atom. The van der Waals surface area contributed by atoms with Crippen molar-refractivity contribution in [2.24, 2.45) is 0 Å². The Morgan fingerprint density at radius 3 is 3.00 bits per heavy atom. The van der Waals surface area contributed by atoms with E-state index in [4.69, 9.17) is 5.11 Å². The lowest BCUT2D eigenvalue weighted by Gasteiger charge is -2.19. The number of hydrogen-bond donors (Lipinski definition) is 2. The van der Waals surface area contributed by atoms with Crippen molar-refractivity contribution in [1.82, 2.24) is 5.32 Å². The van der Waals surface area contributed by atoms with Gasteiger partial charge in [-0.1, -0.05) is 15.9 Å². The molecule has 0 amide bonds. The van der Waals surface area contributed by atoms with E-state index in [0.29, 0.717) is 5.56 Å². The van der Waals surface area contributed by atoms with Crippen LogP contribution in [0, 0.1) is 0 Å². The number of nitrogens with one attached hydrogen (secondary N) is 1. The van der Waals surface area contributed by atoms with Gasteiger partial charge in [0, 0.05) is 11.0 Å². The van der Waals surface area contributed by atoms with Crippen molar-refractivity contribution in [2.75, 3.05) is 6.54 Å². The number of carboxylic acid groups (broad SMARTS) is 1. The molecule has 74 valence electrons. The Balaban J connectivity index is 2.58. The minimum Gasteiger partial charge on any atom is -0.478 e. The summed E-state index contributed by atoms with van der Waals surface area (Å²) in [5.41, 5.74) is 2.48. The summed E-state index contributed by atoms with van der Waals surface area (Å²) in [6, 6.07) is 3.65. The fourth-order valence-electron chi connectivity index (χ4n) is 1.77. The van der Waals surface area contributed by atoms with Gasteiger partial charge in [-0.05, 0) is 36.2 Å². The molecule has 0 bridgehead atoms. The fraction of sp³-hybridized carbons (Fsp3) is 0.300. The molecule has 4 heteroatoms. The molecule has 0 saturated carbocycles. The highest BCUT2D eigenvalue weighted by Gasteiger charge is 2.17. The van der Waals surface area contributed by atoms with E-state index in [2.05, 4.69) is 21.2 Å². The van der Waals surface area contributed by atoms with Crippen molar-refractivity contribution in [1.29, 1.82) is 0 Å². The predicted molar refractivity (Wildman–Crippen MR) is 56.5 cm³/mol. The van der Waals surface area contributed by atoms with Crippen LogP contribution in [0.5, 0.6) is 0 Å². The minimum absolute atomic E-state index is 0.427. The van der Waals surface area contributed by atoms with Crippen LogP contribution in [-0.4, -0.2) is 17.6 Å². The number of carboxylic acids is 1. The van der Waals surface area contributed by atoms with E-state index in [1.165, 1.54) is 0 Å². The van der Waals surface area contributed by atoms with Crippen molar-refractivity contribution < 1.29 is 9.90 Å². The van der Waals surface area contributed by atoms with Gasteiger partial charge in [-0.25, -0.2) is 4.79 Å². The first-order chi connectivity index (χ1) is 6.68. The molecule has 1 aromatic rings. The molecule has 0 saturated heterocycles. The van der Waals surface area contributed by atoms with Gasteiger partial charge < -0.3 is 10.4 Å². The molecule has 0 atom stereocenters. The molecule has 0 spiro atoms. The van der Waals surface area contributed by atoms with Crippen LogP contribution in [0.2, 0.25) is 0 Å². The fourth-order valence-corrected chi connectivity index (χ4v) is 2.28. The number of rotatable bonds is 1. The molecule has 14 heavy (non-hydrogen) atoms. The van der Waals surface area contributed by atoms with Crippen molar-refractivity contribution in [3.63, 3.8) is 0 Å². The summed E-state index contributed by atoms with van der Waals surface area (Å²) in [7, 11) is 0. The van der Waals surface area contributed by atoms with Crippen molar-refractivity contribution >= 4 is 21.9 Å². The van der Waals surface area contributed by atoms with Crippen LogP contribution in [0.4, 0.5) is 0 Å². The summed E-state index contributed by atoms with van der Waals surface area (Å²) in [5, 5.41) is 12.2. The van der Waals surface area contributed by atoms with Crippen molar-refractivity contribution in [2.45, 2.75) is 13.0 Å². The molecule has 1 aliphatic rings. The predicted octanol–water partition coefficient (Wildman–Crippen LogP) is 1.79. The maximum absolute atomic E-state index is 11.0. The normalized spacial score (nSPS) is 14.9. The zero-order valence-electron chi connectivity index (χ0n) is 7.51. The third-order valence-corrected chi connectivity index (χ3v) is 2.86. The van der Waals surface area contributed by atoms with E-state index >= 15 is 0 Å². The molecule has 1 heterocycles. The second-order valence-corrected chi connectivity index (χ2v) is 4.24. The van der Waals surface area contributed by atoms with E-state index in [9.17, 15) is 4.79 Å². The third kappa shape index (κ3) is 1.67. The average molecular weight is 256 g/mol. The Labute approximate surface area is 90.3 Å². The Bertz CT molecular complexity index is 390. The van der Waals surface area contributed by atoms with Crippen LogP contribution in [-0.2, 0) is 13.0 Å². The van der Waals surface area contributed by atoms with Crippen LogP contribution in [0.15, 0.2) is 16.6 Å². The molecular weight excluding hydrogens is 246 g/mol. The highest BCUT2D eigenvalue weighted by Crippen LogP contribution is 2.24. The van der Waals surface area contributed by atoms with E-state index in [1.54, 1.807) is 6.07 Å². The number of fused-ring (bicyclic) bond motifs is 1. The van der Waals surface area contributed by atoms with Crippen LogP contribution < -0.4 is 5.32 Å². The average Bonchev–Trinajstić information content (AvgIpc) is 2.16. The zero-order chi connectivity index (χ0) is 10.1. The van der Waals surface area contributed by atoms with Gasteiger partial charge in [-0.3, -0.25) is 0 Å². The minimum atomic E-state index is -0.843. The Kier molecular flexibility index (Phi) is 2.56. The van der Waals surface area contributed by atoms with Crippen LogP contribution in [0.3, 0.4) is 0 Å².